The Morgan fingerprint density at radius 2 is 1.73 bits per heavy atom. The van der Waals surface area contributed by atoms with E-state index in [4.69, 9.17) is 5.11 Å². The molecule has 1 fully saturated rings. The van der Waals surface area contributed by atoms with Crippen LogP contribution in [0.1, 0.15) is 10.5 Å². The van der Waals surface area contributed by atoms with Gasteiger partial charge in [-0.1, -0.05) is 6.07 Å². The summed E-state index contributed by atoms with van der Waals surface area (Å²) in [5.74, 6) is 0.665. The van der Waals surface area contributed by atoms with Crippen LogP contribution in [-0.4, -0.2) is 47.2 Å². The average molecular weight is 363 g/mol. The number of nitrogens with zero attached hydrogens (tertiary/aromatic N) is 4. The molecule has 0 spiro atoms. The third-order valence-corrected chi connectivity index (χ3v) is 4.06. The number of hydrogen-bond acceptors (Lipinski definition) is 5. The van der Waals surface area contributed by atoms with Gasteiger partial charge in [0.2, 0.25) is 0 Å². The molecule has 3 rings (SSSR count). The van der Waals surface area contributed by atoms with E-state index in [2.05, 4.69) is 35.7 Å². The molecular weight excluding hydrogens is 348 g/mol. The molecule has 2 aromatic rings. The minimum Gasteiger partial charge on any atom is -0.477 e. The highest BCUT2D eigenvalue weighted by Gasteiger charge is 2.19. The van der Waals surface area contributed by atoms with E-state index >= 15 is 0 Å². The molecule has 22 heavy (non-hydrogen) atoms. The first-order chi connectivity index (χ1) is 10.6. The Bertz CT molecular complexity index is 669. The van der Waals surface area contributed by atoms with Gasteiger partial charge in [0.15, 0.2) is 5.69 Å². The molecule has 0 bridgehead atoms. The Labute approximate surface area is 136 Å². The predicted octanol–water partition coefficient (Wildman–Crippen LogP) is 2.26. The van der Waals surface area contributed by atoms with Crippen molar-refractivity contribution in [1.29, 1.82) is 0 Å². The number of carboxylic acids is 1. The first-order valence-corrected chi connectivity index (χ1v) is 7.74. The van der Waals surface area contributed by atoms with Crippen LogP contribution in [0.2, 0.25) is 0 Å². The molecule has 3 heterocycles. The SMILES string of the molecule is O=C(O)c1cccc(N2CCN(c3ccc(Br)cn3)CC2)n1. The first kappa shape index (κ1) is 14.8. The molecule has 0 aliphatic carbocycles. The fraction of sp³-hybridized carbons (Fsp3) is 0.267. The number of rotatable bonds is 3. The lowest BCUT2D eigenvalue weighted by Crippen LogP contribution is -2.47. The van der Waals surface area contributed by atoms with Crippen LogP contribution in [0.25, 0.3) is 0 Å². The molecular formula is C15H15BrN4O2. The zero-order valence-electron chi connectivity index (χ0n) is 11.8. The summed E-state index contributed by atoms with van der Waals surface area (Å²) in [4.78, 5) is 23.9. The van der Waals surface area contributed by atoms with Gasteiger partial charge in [-0.05, 0) is 40.2 Å². The maximum atomic E-state index is 11.0. The summed E-state index contributed by atoms with van der Waals surface area (Å²) in [5.41, 5.74) is 0.0782. The summed E-state index contributed by atoms with van der Waals surface area (Å²) in [5, 5.41) is 9.02. The maximum absolute atomic E-state index is 11.0. The Kier molecular flexibility index (Phi) is 4.24. The number of piperazine rings is 1. The Hall–Kier alpha value is -2.15. The Morgan fingerprint density at radius 1 is 1.05 bits per heavy atom. The van der Waals surface area contributed by atoms with Gasteiger partial charge in [-0.2, -0.15) is 0 Å². The molecule has 1 aliphatic heterocycles. The van der Waals surface area contributed by atoms with Gasteiger partial charge in [0.25, 0.3) is 0 Å². The van der Waals surface area contributed by atoms with E-state index in [0.717, 1.165) is 36.5 Å². The second-order valence-corrected chi connectivity index (χ2v) is 5.91. The van der Waals surface area contributed by atoms with Gasteiger partial charge in [0.1, 0.15) is 11.6 Å². The number of halogens is 1. The van der Waals surface area contributed by atoms with Crippen molar-refractivity contribution in [2.45, 2.75) is 0 Å². The van der Waals surface area contributed by atoms with Crippen molar-refractivity contribution < 1.29 is 9.90 Å². The molecule has 1 N–H and O–H groups in total. The average Bonchev–Trinajstić information content (AvgIpc) is 2.56. The molecule has 0 unspecified atom stereocenters. The molecule has 0 atom stereocenters. The van der Waals surface area contributed by atoms with Crippen molar-refractivity contribution in [1.82, 2.24) is 9.97 Å². The Balaban J connectivity index is 1.67. The zero-order chi connectivity index (χ0) is 15.5. The highest BCUT2D eigenvalue weighted by Crippen LogP contribution is 2.19. The van der Waals surface area contributed by atoms with Gasteiger partial charge in [-0.25, -0.2) is 14.8 Å². The third-order valence-electron chi connectivity index (χ3n) is 3.59. The maximum Gasteiger partial charge on any atom is 0.354 e. The molecule has 2 aromatic heterocycles. The van der Waals surface area contributed by atoms with Crippen LogP contribution in [0.5, 0.6) is 0 Å². The van der Waals surface area contributed by atoms with Crippen LogP contribution in [-0.2, 0) is 0 Å². The van der Waals surface area contributed by atoms with Gasteiger partial charge >= 0.3 is 5.97 Å². The van der Waals surface area contributed by atoms with E-state index in [0.29, 0.717) is 5.82 Å². The summed E-state index contributed by atoms with van der Waals surface area (Å²) in [6.45, 7) is 3.23. The number of hydrogen-bond donors (Lipinski definition) is 1. The summed E-state index contributed by atoms with van der Waals surface area (Å²) >= 11 is 3.38. The fourth-order valence-corrected chi connectivity index (χ4v) is 2.67. The number of anilines is 2. The van der Waals surface area contributed by atoms with Gasteiger partial charge in [0.05, 0.1) is 0 Å². The van der Waals surface area contributed by atoms with Crippen LogP contribution in [0, 0.1) is 0 Å². The second kappa shape index (κ2) is 6.31. The fourth-order valence-electron chi connectivity index (χ4n) is 2.44. The molecule has 7 heteroatoms. The topological polar surface area (TPSA) is 69.6 Å². The summed E-state index contributed by atoms with van der Waals surface area (Å²) in [7, 11) is 0. The smallest absolute Gasteiger partial charge is 0.354 e. The third kappa shape index (κ3) is 3.19. The molecule has 0 aromatic carbocycles. The van der Waals surface area contributed by atoms with Crippen molar-refractivity contribution in [2.24, 2.45) is 0 Å². The van der Waals surface area contributed by atoms with Crippen LogP contribution in [0.4, 0.5) is 11.6 Å². The van der Waals surface area contributed by atoms with E-state index in [1.54, 1.807) is 12.3 Å². The van der Waals surface area contributed by atoms with Crippen molar-refractivity contribution in [3.8, 4) is 0 Å². The van der Waals surface area contributed by atoms with Crippen LogP contribution in [0.3, 0.4) is 0 Å². The molecule has 0 radical (unpaired) electrons. The van der Waals surface area contributed by atoms with Crippen molar-refractivity contribution in [2.75, 3.05) is 36.0 Å². The lowest BCUT2D eigenvalue weighted by atomic mass is 10.2. The number of aromatic carboxylic acids is 1. The van der Waals surface area contributed by atoms with Gasteiger partial charge < -0.3 is 14.9 Å². The quantitative estimate of drug-likeness (QED) is 0.902. The van der Waals surface area contributed by atoms with E-state index < -0.39 is 5.97 Å². The number of carboxylic acid groups (broad SMARTS) is 1. The number of carbonyl (C=O) groups is 1. The van der Waals surface area contributed by atoms with Crippen LogP contribution in [0.15, 0.2) is 41.0 Å². The van der Waals surface area contributed by atoms with E-state index in [1.165, 1.54) is 6.07 Å². The first-order valence-electron chi connectivity index (χ1n) is 6.95. The molecule has 114 valence electrons. The van der Waals surface area contributed by atoms with Crippen molar-refractivity contribution in [3.63, 3.8) is 0 Å². The number of aromatic nitrogens is 2. The molecule has 0 saturated carbocycles. The molecule has 1 saturated heterocycles. The summed E-state index contributed by atoms with van der Waals surface area (Å²) < 4.78 is 0.963. The van der Waals surface area contributed by atoms with E-state index in [1.807, 2.05) is 18.2 Å². The molecule has 0 amide bonds. The predicted molar refractivity (Wildman–Crippen MR) is 87.6 cm³/mol. The second-order valence-electron chi connectivity index (χ2n) is 4.99. The highest BCUT2D eigenvalue weighted by molar-refractivity contribution is 9.10. The normalized spacial score (nSPS) is 15.0. The lowest BCUT2D eigenvalue weighted by Gasteiger charge is -2.36. The highest BCUT2D eigenvalue weighted by atomic mass is 79.9. The van der Waals surface area contributed by atoms with E-state index in [9.17, 15) is 4.79 Å². The number of pyridine rings is 2. The van der Waals surface area contributed by atoms with Crippen molar-refractivity contribution in [3.05, 3.63) is 46.7 Å². The summed E-state index contributed by atoms with van der Waals surface area (Å²) in [6, 6.07) is 9.05. The van der Waals surface area contributed by atoms with Crippen molar-refractivity contribution >= 4 is 33.5 Å². The Morgan fingerprint density at radius 3 is 2.32 bits per heavy atom. The van der Waals surface area contributed by atoms with E-state index in [-0.39, 0.29) is 5.69 Å². The zero-order valence-corrected chi connectivity index (χ0v) is 13.4. The minimum atomic E-state index is -1.00. The molecule has 1 aliphatic rings. The van der Waals surface area contributed by atoms with Gasteiger partial charge in [-0.15, -0.1) is 0 Å². The van der Waals surface area contributed by atoms with Crippen LogP contribution < -0.4 is 9.80 Å². The summed E-state index contributed by atoms with van der Waals surface area (Å²) in [6.07, 6.45) is 1.79. The molecule has 6 nitrogen and oxygen atoms in total. The largest absolute Gasteiger partial charge is 0.477 e. The lowest BCUT2D eigenvalue weighted by molar-refractivity contribution is 0.0690. The van der Waals surface area contributed by atoms with Crippen LogP contribution >= 0.6 is 15.9 Å². The standard InChI is InChI=1S/C15H15BrN4O2/c16-11-4-5-13(17-10-11)19-6-8-20(9-7-19)14-3-1-2-12(18-14)15(21)22/h1-5,10H,6-9H2,(H,21,22). The monoisotopic (exact) mass is 362 g/mol. The van der Waals surface area contributed by atoms with Gasteiger partial charge in [0, 0.05) is 36.8 Å². The van der Waals surface area contributed by atoms with Gasteiger partial charge in [-0.3, -0.25) is 0 Å². The minimum absolute atomic E-state index is 0.0782.